The molecule has 0 bridgehead atoms. The first kappa shape index (κ1) is 21.8. The highest BCUT2D eigenvalue weighted by Gasteiger charge is 2.27. The number of amides is 1. The molecule has 0 radical (unpaired) electrons. The van der Waals surface area contributed by atoms with Gasteiger partial charge in [-0.1, -0.05) is 34.1 Å². The van der Waals surface area contributed by atoms with Crippen molar-refractivity contribution < 1.29 is 17.9 Å². The van der Waals surface area contributed by atoms with Gasteiger partial charge in [-0.2, -0.15) is 0 Å². The molecule has 2 aromatic carbocycles. The third-order valence-corrected chi connectivity index (χ3v) is 7.21. The molecule has 29 heavy (non-hydrogen) atoms. The van der Waals surface area contributed by atoms with Crippen LogP contribution >= 0.6 is 15.9 Å². The van der Waals surface area contributed by atoms with Crippen LogP contribution in [0.1, 0.15) is 29.5 Å². The molecule has 0 aromatic heterocycles. The van der Waals surface area contributed by atoms with Gasteiger partial charge in [-0.15, -0.1) is 0 Å². The van der Waals surface area contributed by atoms with E-state index in [1.54, 1.807) is 29.2 Å². The van der Waals surface area contributed by atoms with E-state index < -0.39 is 15.6 Å². The Morgan fingerprint density at radius 3 is 2.34 bits per heavy atom. The highest BCUT2D eigenvalue weighted by atomic mass is 79.9. The number of hydrogen-bond donors (Lipinski definition) is 0. The van der Waals surface area contributed by atoms with Gasteiger partial charge in [0.2, 0.25) is 5.91 Å². The topological polar surface area (TPSA) is 63.7 Å². The quantitative estimate of drug-likeness (QED) is 0.626. The summed E-state index contributed by atoms with van der Waals surface area (Å²) in [5, 5.41) is 0. The molecule has 0 spiro atoms. The fraction of sp³-hybridized carbons (Fsp3) is 0.409. The van der Waals surface area contributed by atoms with E-state index >= 15 is 0 Å². The second-order valence-corrected chi connectivity index (χ2v) is 10.6. The van der Waals surface area contributed by atoms with Crippen molar-refractivity contribution in [1.82, 2.24) is 4.90 Å². The summed E-state index contributed by atoms with van der Waals surface area (Å²) in [5.74, 6) is -0.0638. The van der Waals surface area contributed by atoms with E-state index in [1.807, 2.05) is 18.2 Å². The highest BCUT2D eigenvalue weighted by molar-refractivity contribution is 9.10. The molecule has 156 valence electrons. The highest BCUT2D eigenvalue weighted by Crippen LogP contribution is 2.22. The summed E-state index contributed by atoms with van der Waals surface area (Å²) in [7, 11) is -3.50. The minimum absolute atomic E-state index is 0.0422. The van der Waals surface area contributed by atoms with Crippen LogP contribution in [0.5, 0.6) is 5.75 Å². The van der Waals surface area contributed by atoms with Crippen molar-refractivity contribution >= 4 is 31.7 Å². The molecule has 2 aromatic rings. The molecule has 3 rings (SSSR count). The lowest BCUT2D eigenvalue weighted by Gasteiger charge is -2.32. The van der Waals surface area contributed by atoms with Gasteiger partial charge in [0, 0.05) is 30.4 Å². The summed E-state index contributed by atoms with van der Waals surface area (Å²) in [5.41, 5.74) is 3.09. The van der Waals surface area contributed by atoms with Gasteiger partial charge in [-0.25, -0.2) is 8.42 Å². The van der Waals surface area contributed by atoms with Gasteiger partial charge >= 0.3 is 0 Å². The number of hydrogen-bond acceptors (Lipinski definition) is 4. The molecule has 0 N–H and O–H groups in total. The third-order valence-electron chi connectivity index (χ3n) is 5.22. The first-order valence-corrected chi connectivity index (χ1v) is 12.3. The standard InChI is InChI=1S/C22H26BrNO4S/c1-16-3-8-21(13-17(16)2)28-20-9-11-24(12-10-20)22(25)15-29(26,27)14-18-4-6-19(23)7-5-18/h3-8,13,20H,9-12,14-15H2,1-2H3. The summed E-state index contributed by atoms with van der Waals surface area (Å²) in [6.07, 6.45) is 1.44. The van der Waals surface area contributed by atoms with Crippen LogP contribution in [-0.2, 0) is 20.4 Å². The van der Waals surface area contributed by atoms with Gasteiger partial charge in [0.05, 0.1) is 5.75 Å². The van der Waals surface area contributed by atoms with Crippen molar-refractivity contribution in [2.45, 2.75) is 38.5 Å². The molecule has 1 heterocycles. The van der Waals surface area contributed by atoms with Crippen LogP contribution in [0.15, 0.2) is 46.9 Å². The number of rotatable bonds is 6. The average Bonchev–Trinajstić information content (AvgIpc) is 2.66. The number of carbonyl (C=O) groups excluding carboxylic acids is 1. The molecule has 0 atom stereocenters. The van der Waals surface area contributed by atoms with Crippen LogP contribution in [0.4, 0.5) is 0 Å². The second kappa shape index (κ2) is 9.30. The first-order chi connectivity index (χ1) is 13.7. The number of benzene rings is 2. The van der Waals surface area contributed by atoms with Crippen LogP contribution in [-0.4, -0.2) is 44.2 Å². The number of piperidine rings is 1. The second-order valence-electron chi connectivity index (χ2n) is 7.60. The molecule has 1 aliphatic heterocycles. The molecule has 1 fully saturated rings. The van der Waals surface area contributed by atoms with Crippen molar-refractivity contribution in [3.63, 3.8) is 0 Å². The first-order valence-electron chi connectivity index (χ1n) is 9.68. The number of carbonyl (C=O) groups is 1. The Morgan fingerprint density at radius 2 is 1.72 bits per heavy atom. The molecule has 1 aliphatic rings. The molecule has 1 amide bonds. The number of aryl methyl sites for hydroxylation is 2. The van der Waals surface area contributed by atoms with Crippen LogP contribution in [0.2, 0.25) is 0 Å². The summed E-state index contributed by atoms with van der Waals surface area (Å²) in [6, 6.07) is 13.1. The molecule has 7 heteroatoms. The van der Waals surface area contributed by atoms with E-state index in [4.69, 9.17) is 4.74 Å². The Kier molecular flexibility index (Phi) is 7.01. The Morgan fingerprint density at radius 1 is 1.07 bits per heavy atom. The minimum Gasteiger partial charge on any atom is -0.490 e. The van der Waals surface area contributed by atoms with E-state index in [0.29, 0.717) is 31.5 Å². The molecule has 0 aliphatic carbocycles. The van der Waals surface area contributed by atoms with E-state index in [0.717, 1.165) is 10.2 Å². The lowest BCUT2D eigenvalue weighted by Crippen LogP contribution is -2.44. The normalized spacial score (nSPS) is 15.3. The Labute approximate surface area is 181 Å². The van der Waals surface area contributed by atoms with Crippen molar-refractivity contribution in [1.29, 1.82) is 0 Å². The van der Waals surface area contributed by atoms with Crippen molar-refractivity contribution in [2.24, 2.45) is 0 Å². The lowest BCUT2D eigenvalue weighted by atomic mass is 10.1. The van der Waals surface area contributed by atoms with E-state index in [-0.39, 0.29) is 17.8 Å². The van der Waals surface area contributed by atoms with Gasteiger partial charge in [-0.05, 0) is 54.8 Å². The van der Waals surface area contributed by atoms with Crippen molar-refractivity contribution in [2.75, 3.05) is 18.8 Å². The predicted octanol–water partition coefficient (Wildman–Crippen LogP) is 4.05. The monoisotopic (exact) mass is 479 g/mol. The Hall–Kier alpha value is -1.86. The van der Waals surface area contributed by atoms with Gasteiger partial charge in [0.1, 0.15) is 17.6 Å². The van der Waals surface area contributed by atoms with E-state index in [2.05, 4.69) is 29.8 Å². The summed E-state index contributed by atoms with van der Waals surface area (Å²) in [6.45, 7) is 5.15. The van der Waals surface area contributed by atoms with Crippen LogP contribution in [0.3, 0.4) is 0 Å². The van der Waals surface area contributed by atoms with Crippen LogP contribution < -0.4 is 4.74 Å². The van der Waals surface area contributed by atoms with E-state index in [9.17, 15) is 13.2 Å². The SMILES string of the molecule is Cc1ccc(OC2CCN(C(=O)CS(=O)(=O)Cc3ccc(Br)cc3)CC2)cc1C. The van der Waals surface area contributed by atoms with Gasteiger partial charge in [-0.3, -0.25) is 4.79 Å². The Balaban J connectivity index is 1.50. The van der Waals surface area contributed by atoms with Gasteiger partial charge in [0.15, 0.2) is 9.84 Å². The van der Waals surface area contributed by atoms with Crippen molar-refractivity contribution in [3.8, 4) is 5.75 Å². The van der Waals surface area contributed by atoms with Gasteiger partial charge in [0.25, 0.3) is 0 Å². The molecular weight excluding hydrogens is 454 g/mol. The number of likely N-dealkylation sites (tertiary alicyclic amines) is 1. The van der Waals surface area contributed by atoms with Gasteiger partial charge < -0.3 is 9.64 Å². The van der Waals surface area contributed by atoms with Crippen LogP contribution in [0, 0.1) is 13.8 Å². The fourth-order valence-corrected chi connectivity index (χ4v) is 4.99. The zero-order valence-corrected chi connectivity index (χ0v) is 19.1. The number of nitrogens with zero attached hydrogens (tertiary/aromatic N) is 1. The summed E-state index contributed by atoms with van der Waals surface area (Å²) in [4.78, 5) is 14.1. The van der Waals surface area contributed by atoms with E-state index in [1.165, 1.54) is 11.1 Å². The minimum atomic E-state index is -3.50. The number of halogens is 1. The summed E-state index contributed by atoms with van der Waals surface area (Å²) < 4.78 is 31.8. The zero-order chi connectivity index (χ0) is 21.0. The molecule has 5 nitrogen and oxygen atoms in total. The number of sulfone groups is 1. The maximum atomic E-state index is 12.5. The Bertz CT molecular complexity index is 965. The predicted molar refractivity (Wildman–Crippen MR) is 118 cm³/mol. The largest absolute Gasteiger partial charge is 0.490 e. The summed E-state index contributed by atoms with van der Waals surface area (Å²) >= 11 is 3.33. The third kappa shape index (κ3) is 6.31. The zero-order valence-electron chi connectivity index (χ0n) is 16.7. The lowest BCUT2D eigenvalue weighted by molar-refractivity contribution is -0.130. The fourth-order valence-electron chi connectivity index (χ4n) is 3.37. The molecule has 1 saturated heterocycles. The number of ether oxygens (including phenoxy) is 1. The van der Waals surface area contributed by atoms with Crippen molar-refractivity contribution in [3.05, 3.63) is 63.6 Å². The smallest absolute Gasteiger partial charge is 0.237 e. The maximum Gasteiger partial charge on any atom is 0.237 e. The molecule has 0 unspecified atom stereocenters. The maximum absolute atomic E-state index is 12.5. The average molecular weight is 480 g/mol. The van der Waals surface area contributed by atoms with Crippen LogP contribution in [0.25, 0.3) is 0 Å². The molecular formula is C22H26BrNO4S. The molecule has 0 saturated carbocycles.